The SMILES string of the molecule is O=C(CN1CCN(C/C=C/c2ccccc2)CC1)NCc1cc(F)cc(F)c1. The second-order valence-corrected chi connectivity index (χ2v) is 6.94. The van der Waals surface area contributed by atoms with Crippen LogP contribution in [0.5, 0.6) is 0 Å². The van der Waals surface area contributed by atoms with E-state index >= 15 is 0 Å². The van der Waals surface area contributed by atoms with E-state index in [1.54, 1.807) is 0 Å². The lowest BCUT2D eigenvalue weighted by atomic mass is 10.2. The number of halogens is 2. The van der Waals surface area contributed by atoms with Crippen LogP contribution in [0.1, 0.15) is 11.1 Å². The predicted octanol–water partition coefficient (Wildman–Crippen LogP) is 2.91. The van der Waals surface area contributed by atoms with Crippen molar-refractivity contribution in [3.05, 3.63) is 77.4 Å². The fourth-order valence-electron chi connectivity index (χ4n) is 3.20. The van der Waals surface area contributed by atoms with Crippen LogP contribution in [0.3, 0.4) is 0 Å². The Morgan fingerprint density at radius 2 is 1.61 bits per heavy atom. The monoisotopic (exact) mass is 385 g/mol. The molecule has 148 valence electrons. The van der Waals surface area contributed by atoms with Crippen LogP contribution in [0.15, 0.2) is 54.6 Å². The normalized spacial score (nSPS) is 15.8. The average molecular weight is 385 g/mol. The number of carbonyl (C=O) groups excluding carboxylic acids is 1. The summed E-state index contributed by atoms with van der Waals surface area (Å²) in [5.74, 6) is -1.41. The molecule has 0 radical (unpaired) electrons. The van der Waals surface area contributed by atoms with Crippen LogP contribution in [0.4, 0.5) is 8.78 Å². The van der Waals surface area contributed by atoms with Gasteiger partial charge in [-0.15, -0.1) is 0 Å². The molecule has 1 aliphatic rings. The molecule has 0 bridgehead atoms. The quantitative estimate of drug-likeness (QED) is 0.796. The van der Waals surface area contributed by atoms with E-state index in [2.05, 4.69) is 39.4 Å². The summed E-state index contributed by atoms with van der Waals surface area (Å²) in [6.07, 6.45) is 4.28. The van der Waals surface area contributed by atoms with Gasteiger partial charge in [-0.3, -0.25) is 14.6 Å². The van der Waals surface area contributed by atoms with Gasteiger partial charge in [-0.1, -0.05) is 42.5 Å². The molecule has 6 heteroatoms. The smallest absolute Gasteiger partial charge is 0.234 e. The summed E-state index contributed by atoms with van der Waals surface area (Å²) >= 11 is 0. The number of piperazine rings is 1. The highest BCUT2D eigenvalue weighted by Crippen LogP contribution is 2.08. The molecule has 0 aromatic heterocycles. The fraction of sp³-hybridized carbons (Fsp3) is 0.318. The number of hydrogen-bond donors (Lipinski definition) is 1. The van der Waals surface area contributed by atoms with Gasteiger partial charge in [0.05, 0.1) is 6.54 Å². The van der Waals surface area contributed by atoms with Crippen LogP contribution in [-0.2, 0) is 11.3 Å². The second-order valence-electron chi connectivity index (χ2n) is 6.94. The van der Waals surface area contributed by atoms with Crippen molar-refractivity contribution in [3.63, 3.8) is 0 Å². The molecule has 0 aliphatic carbocycles. The summed E-state index contributed by atoms with van der Waals surface area (Å²) in [5.41, 5.74) is 1.61. The van der Waals surface area contributed by atoms with E-state index in [1.165, 1.54) is 17.7 Å². The third kappa shape index (κ3) is 6.55. The van der Waals surface area contributed by atoms with E-state index in [9.17, 15) is 13.6 Å². The van der Waals surface area contributed by atoms with Crippen molar-refractivity contribution >= 4 is 12.0 Å². The molecular formula is C22H25F2N3O. The Kier molecular flexibility index (Phi) is 7.28. The molecule has 28 heavy (non-hydrogen) atoms. The number of rotatable bonds is 7. The van der Waals surface area contributed by atoms with Gasteiger partial charge < -0.3 is 5.32 Å². The molecule has 0 saturated carbocycles. The summed E-state index contributed by atoms with van der Waals surface area (Å²) in [6.45, 7) is 4.76. The first-order chi connectivity index (χ1) is 13.6. The Hall–Kier alpha value is -2.57. The molecule has 0 spiro atoms. The molecule has 1 N–H and O–H groups in total. The molecule has 1 heterocycles. The van der Waals surface area contributed by atoms with Crippen molar-refractivity contribution in [2.45, 2.75) is 6.54 Å². The van der Waals surface area contributed by atoms with Gasteiger partial charge in [0, 0.05) is 45.3 Å². The number of hydrogen-bond acceptors (Lipinski definition) is 3. The van der Waals surface area contributed by atoms with Gasteiger partial charge in [0.15, 0.2) is 0 Å². The Morgan fingerprint density at radius 1 is 0.964 bits per heavy atom. The first-order valence-corrected chi connectivity index (χ1v) is 9.46. The lowest BCUT2D eigenvalue weighted by molar-refractivity contribution is -0.122. The van der Waals surface area contributed by atoms with E-state index in [1.807, 2.05) is 18.2 Å². The molecule has 3 rings (SSSR count). The van der Waals surface area contributed by atoms with Crippen molar-refractivity contribution in [1.29, 1.82) is 0 Å². The molecule has 0 atom stereocenters. The lowest BCUT2D eigenvalue weighted by Crippen LogP contribution is -2.49. The predicted molar refractivity (Wildman–Crippen MR) is 107 cm³/mol. The van der Waals surface area contributed by atoms with Crippen LogP contribution >= 0.6 is 0 Å². The minimum absolute atomic E-state index is 0.123. The second kappa shape index (κ2) is 10.1. The van der Waals surface area contributed by atoms with E-state index in [0.717, 1.165) is 38.8 Å². The van der Waals surface area contributed by atoms with E-state index in [4.69, 9.17) is 0 Å². The van der Waals surface area contributed by atoms with Crippen LogP contribution in [0, 0.1) is 11.6 Å². The Bertz CT molecular complexity index is 782. The van der Waals surface area contributed by atoms with Gasteiger partial charge in [-0.05, 0) is 23.3 Å². The summed E-state index contributed by atoms with van der Waals surface area (Å²) in [4.78, 5) is 16.5. The van der Waals surface area contributed by atoms with Crippen LogP contribution in [-0.4, -0.2) is 55.0 Å². The summed E-state index contributed by atoms with van der Waals surface area (Å²) < 4.78 is 26.4. The minimum Gasteiger partial charge on any atom is -0.351 e. The van der Waals surface area contributed by atoms with Crippen molar-refractivity contribution in [2.75, 3.05) is 39.3 Å². The zero-order valence-electron chi connectivity index (χ0n) is 15.8. The zero-order chi connectivity index (χ0) is 19.8. The van der Waals surface area contributed by atoms with Gasteiger partial charge >= 0.3 is 0 Å². The maximum atomic E-state index is 13.2. The maximum absolute atomic E-state index is 13.2. The molecule has 0 unspecified atom stereocenters. The number of nitrogens with zero attached hydrogens (tertiary/aromatic N) is 2. The molecule has 1 aliphatic heterocycles. The summed E-state index contributed by atoms with van der Waals surface area (Å²) in [5, 5.41) is 2.73. The van der Waals surface area contributed by atoms with Crippen molar-refractivity contribution in [3.8, 4) is 0 Å². The number of benzene rings is 2. The largest absolute Gasteiger partial charge is 0.351 e. The molecule has 1 fully saturated rings. The number of nitrogens with one attached hydrogen (secondary N) is 1. The third-order valence-electron chi connectivity index (χ3n) is 4.72. The molecule has 4 nitrogen and oxygen atoms in total. The van der Waals surface area contributed by atoms with Crippen molar-refractivity contribution in [2.24, 2.45) is 0 Å². The number of amides is 1. The zero-order valence-corrected chi connectivity index (χ0v) is 15.8. The molecule has 2 aromatic carbocycles. The summed E-state index contributed by atoms with van der Waals surface area (Å²) in [7, 11) is 0. The molecule has 1 amide bonds. The Morgan fingerprint density at radius 3 is 2.29 bits per heavy atom. The Balaban J connectivity index is 1.35. The van der Waals surface area contributed by atoms with Gasteiger partial charge in [-0.25, -0.2) is 8.78 Å². The van der Waals surface area contributed by atoms with E-state index in [-0.39, 0.29) is 12.5 Å². The van der Waals surface area contributed by atoms with Gasteiger partial charge in [0.1, 0.15) is 11.6 Å². The maximum Gasteiger partial charge on any atom is 0.234 e. The highest BCUT2D eigenvalue weighted by Gasteiger charge is 2.18. The molecule has 1 saturated heterocycles. The van der Waals surface area contributed by atoms with Crippen molar-refractivity contribution < 1.29 is 13.6 Å². The highest BCUT2D eigenvalue weighted by molar-refractivity contribution is 5.78. The average Bonchev–Trinajstić information content (AvgIpc) is 2.68. The Labute approximate surface area is 164 Å². The molecular weight excluding hydrogens is 360 g/mol. The van der Waals surface area contributed by atoms with Crippen LogP contribution in [0.25, 0.3) is 6.08 Å². The summed E-state index contributed by atoms with van der Waals surface area (Å²) in [6, 6.07) is 13.5. The van der Waals surface area contributed by atoms with Crippen LogP contribution in [0.2, 0.25) is 0 Å². The lowest BCUT2D eigenvalue weighted by Gasteiger charge is -2.33. The minimum atomic E-state index is -0.637. The van der Waals surface area contributed by atoms with E-state index in [0.29, 0.717) is 12.1 Å². The van der Waals surface area contributed by atoms with Gasteiger partial charge in [-0.2, -0.15) is 0 Å². The first-order valence-electron chi connectivity index (χ1n) is 9.46. The van der Waals surface area contributed by atoms with Crippen LogP contribution < -0.4 is 5.32 Å². The highest BCUT2D eigenvalue weighted by atomic mass is 19.1. The standard InChI is InChI=1S/C22H25F2N3O/c23-20-13-19(14-21(24)15-20)16-25-22(28)17-27-11-9-26(10-12-27)8-4-7-18-5-2-1-3-6-18/h1-7,13-15H,8-12,16-17H2,(H,25,28)/b7-4+. The third-order valence-corrected chi connectivity index (χ3v) is 4.72. The number of carbonyl (C=O) groups is 1. The first kappa shape index (κ1) is 20.2. The van der Waals surface area contributed by atoms with Gasteiger partial charge in [0.2, 0.25) is 5.91 Å². The van der Waals surface area contributed by atoms with E-state index < -0.39 is 11.6 Å². The van der Waals surface area contributed by atoms with Gasteiger partial charge in [0.25, 0.3) is 0 Å². The fourth-order valence-corrected chi connectivity index (χ4v) is 3.20. The molecule has 2 aromatic rings. The topological polar surface area (TPSA) is 35.6 Å². The van der Waals surface area contributed by atoms with Crippen molar-refractivity contribution in [1.82, 2.24) is 15.1 Å².